The number of para-hydroxylation sites is 1. The van der Waals surface area contributed by atoms with E-state index in [4.69, 9.17) is 4.74 Å². The van der Waals surface area contributed by atoms with E-state index in [9.17, 15) is 15.0 Å². The molecule has 2 aromatic rings. The van der Waals surface area contributed by atoms with Crippen LogP contribution < -0.4 is 10.3 Å². The highest BCUT2D eigenvalue weighted by Crippen LogP contribution is 2.41. The monoisotopic (exact) mass is 275 g/mol. The van der Waals surface area contributed by atoms with Crippen LogP contribution in [0.2, 0.25) is 0 Å². The van der Waals surface area contributed by atoms with Gasteiger partial charge in [0.25, 0.3) is 5.56 Å². The van der Waals surface area contributed by atoms with Gasteiger partial charge in [0.05, 0.1) is 11.1 Å². The Labute approximate surface area is 116 Å². The van der Waals surface area contributed by atoms with Crippen LogP contribution in [0.3, 0.4) is 0 Å². The number of aliphatic hydroxyl groups excluding tert-OH is 2. The molecule has 1 aromatic carbocycles. The SMILES string of the molecule is Cn1c(=O)c2c(c3ccccc31)OC(C)(C)[C@H](O)[C@@H]2O. The Kier molecular flexibility index (Phi) is 2.68. The molecule has 0 unspecified atom stereocenters. The summed E-state index contributed by atoms with van der Waals surface area (Å²) < 4.78 is 7.29. The van der Waals surface area contributed by atoms with Gasteiger partial charge in [0, 0.05) is 12.4 Å². The van der Waals surface area contributed by atoms with Crippen molar-refractivity contribution >= 4 is 10.9 Å². The molecular weight excluding hydrogens is 258 g/mol. The summed E-state index contributed by atoms with van der Waals surface area (Å²) in [4.78, 5) is 12.4. The van der Waals surface area contributed by atoms with E-state index in [1.165, 1.54) is 4.57 Å². The molecule has 3 rings (SSSR count). The summed E-state index contributed by atoms with van der Waals surface area (Å²) in [6.07, 6.45) is -2.40. The second-order valence-corrected chi connectivity index (χ2v) is 5.72. The quantitative estimate of drug-likeness (QED) is 0.755. The summed E-state index contributed by atoms with van der Waals surface area (Å²) in [5, 5.41) is 21.2. The lowest BCUT2D eigenvalue weighted by molar-refractivity contribution is -0.111. The summed E-state index contributed by atoms with van der Waals surface area (Å²) in [5.74, 6) is 0.367. The number of ether oxygens (including phenoxy) is 1. The van der Waals surface area contributed by atoms with Crippen molar-refractivity contribution in [2.45, 2.75) is 31.7 Å². The van der Waals surface area contributed by atoms with Crippen molar-refractivity contribution in [1.29, 1.82) is 0 Å². The molecule has 0 saturated carbocycles. The normalized spacial score (nSPS) is 24.2. The second-order valence-electron chi connectivity index (χ2n) is 5.72. The highest BCUT2D eigenvalue weighted by atomic mass is 16.5. The van der Waals surface area contributed by atoms with Crippen LogP contribution in [0.4, 0.5) is 0 Å². The molecule has 106 valence electrons. The summed E-state index contributed by atoms with van der Waals surface area (Å²) in [6.45, 7) is 3.38. The molecule has 20 heavy (non-hydrogen) atoms. The predicted molar refractivity (Wildman–Crippen MR) is 74.9 cm³/mol. The minimum absolute atomic E-state index is 0.123. The Bertz CT molecular complexity index is 747. The Hall–Kier alpha value is -1.85. The van der Waals surface area contributed by atoms with E-state index < -0.39 is 17.8 Å². The molecule has 2 atom stereocenters. The molecule has 0 bridgehead atoms. The van der Waals surface area contributed by atoms with Gasteiger partial charge >= 0.3 is 0 Å². The summed E-state index contributed by atoms with van der Waals surface area (Å²) in [5.41, 5.74) is -0.448. The van der Waals surface area contributed by atoms with Crippen LogP contribution in [0, 0.1) is 0 Å². The maximum absolute atomic E-state index is 12.4. The van der Waals surface area contributed by atoms with E-state index in [1.54, 1.807) is 20.9 Å². The summed E-state index contributed by atoms with van der Waals surface area (Å²) in [6, 6.07) is 7.35. The van der Waals surface area contributed by atoms with Crippen molar-refractivity contribution in [2.75, 3.05) is 0 Å². The maximum atomic E-state index is 12.4. The van der Waals surface area contributed by atoms with Gasteiger partial charge in [-0.15, -0.1) is 0 Å². The molecule has 0 saturated heterocycles. The van der Waals surface area contributed by atoms with Crippen molar-refractivity contribution < 1.29 is 14.9 Å². The lowest BCUT2D eigenvalue weighted by atomic mass is 9.88. The maximum Gasteiger partial charge on any atom is 0.260 e. The van der Waals surface area contributed by atoms with Gasteiger partial charge in [-0.1, -0.05) is 12.1 Å². The largest absolute Gasteiger partial charge is 0.484 e. The molecule has 1 aromatic heterocycles. The first-order valence-corrected chi connectivity index (χ1v) is 6.51. The van der Waals surface area contributed by atoms with Crippen LogP contribution in [0.15, 0.2) is 29.1 Å². The molecular formula is C15H17NO4. The minimum Gasteiger partial charge on any atom is -0.484 e. The van der Waals surface area contributed by atoms with E-state index >= 15 is 0 Å². The zero-order valence-corrected chi connectivity index (χ0v) is 11.6. The number of hydrogen-bond donors (Lipinski definition) is 2. The lowest BCUT2D eigenvalue weighted by Crippen LogP contribution is -2.50. The number of benzene rings is 1. The third kappa shape index (κ3) is 1.60. The van der Waals surface area contributed by atoms with Gasteiger partial charge in [-0.2, -0.15) is 0 Å². The standard InChI is InChI=1S/C15H17NO4/c1-15(2)13(18)11(17)10-12(20-15)8-6-4-5-7-9(8)16(3)14(10)19/h4-7,11,13,17-18H,1-3H3/t11-,13-/m1/s1. The van der Waals surface area contributed by atoms with Gasteiger partial charge in [0.2, 0.25) is 0 Å². The molecule has 0 aliphatic carbocycles. The van der Waals surface area contributed by atoms with Crippen molar-refractivity contribution in [3.8, 4) is 5.75 Å². The first-order valence-electron chi connectivity index (χ1n) is 6.51. The molecule has 5 heteroatoms. The predicted octanol–water partition coefficient (Wildman–Crippen LogP) is 1.10. The van der Waals surface area contributed by atoms with Crippen molar-refractivity contribution in [3.63, 3.8) is 0 Å². The van der Waals surface area contributed by atoms with Gasteiger partial charge in [-0.05, 0) is 26.0 Å². The molecule has 0 amide bonds. The van der Waals surface area contributed by atoms with E-state index in [-0.39, 0.29) is 11.1 Å². The van der Waals surface area contributed by atoms with Gasteiger partial charge in [0.1, 0.15) is 23.6 Å². The fourth-order valence-electron chi connectivity index (χ4n) is 2.72. The number of rotatable bonds is 0. The molecule has 1 aliphatic heterocycles. The van der Waals surface area contributed by atoms with Crippen LogP contribution in [-0.4, -0.2) is 26.5 Å². The average Bonchev–Trinajstić information content (AvgIpc) is 2.42. The number of hydrogen-bond acceptors (Lipinski definition) is 4. The van der Waals surface area contributed by atoms with E-state index in [0.717, 1.165) is 10.9 Å². The third-order valence-electron chi connectivity index (χ3n) is 3.96. The highest BCUT2D eigenvalue weighted by Gasteiger charge is 2.44. The molecule has 1 aliphatic rings. The molecule has 5 nitrogen and oxygen atoms in total. The zero-order chi connectivity index (χ0) is 14.7. The number of aliphatic hydroxyl groups is 2. The van der Waals surface area contributed by atoms with Crippen LogP contribution in [-0.2, 0) is 7.05 Å². The minimum atomic E-state index is -1.25. The molecule has 0 radical (unpaired) electrons. The van der Waals surface area contributed by atoms with E-state index in [2.05, 4.69) is 0 Å². The van der Waals surface area contributed by atoms with Gasteiger partial charge in [-0.3, -0.25) is 4.79 Å². The first kappa shape index (κ1) is 13.1. The fraction of sp³-hybridized carbons (Fsp3) is 0.400. The Morgan fingerprint density at radius 1 is 1.25 bits per heavy atom. The first-order chi connectivity index (χ1) is 9.34. The van der Waals surface area contributed by atoms with Gasteiger partial charge in [-0.25, -0.2) is 0 Å². The Balaban J connectivity index is 2.45. The van der Waals surface area contributed by atoms with Crippen molar-refractivity contribution in [3.05, 3.63) is 40.2 Å². The number of fused-ring (bicyclic) bond motifs is 3. The number of aryl methyl sites for hydroxylation is 1. The lowest BCUT2D eigenvalue weighted by Gasteiger charge is -2.40. The second kappa shape index (κ2) is 4.07. The topological polar surface area (TPSA) is 71.7 Å². The van der Waals surface area contributed by atoms with Crippen LogP contribution in [0.5, 0.6) is 5.75 Å². The number of nitrogens with zero attached hydrogens (tertiary/aromatic N) is 1. The Morgan fingerprint density at radius 2 is 1.90 bits per heavy atom. The van der Waals surface area contributed by atoms with Gasteiger partial charge < -0.3 is 19.5 Å². The molecule has 2 heterocycles. The van der Waals surface area contributed by atoms with Crippen molar-refractivity contribution in [1.82, 2.24) is 4.57 Å². The zero-order valence-electron chi connectivity index (χ0n) is 11.6. The van der Waals surface area contributed by atoms with Crippen molar-refractivity contribution in [2.24, 2.45) is 7.05 Å². The Morgan fingerprint density at radius 3 is 2.60 bits per heavy atom. The third-order valence-corrected chi connectivity index (χ3v) is 3.96. The number of pyridine rings is 1. The molecule has 0 fully saturated rings. The highest BCUT2D eigenvalue weighted by molar-refractivity contribution is 5.87. The fourth-order valence-corrected chi connectivity index (χ4v) is 2.72. The van der Waals surface area contributed by atoms with Crippen LogP contribution >= 0.6 is 0 Å². The van der Waals surface area contributed by atoms with E-state index in [0.29, 0.717) is 5.75 Å². The van der Waals surface area contributed by atoms with Crippen LogP contribution in [0.25, 0.3) is 10.9 Å². The number of aromatic nitrogens is 1. The van der Waals surface area contributed by atoms with E-state index in [1.807, 2.05) is 24.3 Å². The summed E-state index contributed by atoms with van der Waals surface area (Å²) in [7, 11) is 1.64. The average molecular weight is 275 g/mol. The molecule has 2 N–H and O–H groups in total. The summed E-state index contributed by atoms with van der Waals surface area (Å²) >= 11 is 0. The van der Waals surface area contributed by atoms with Gasteiger partial charge in [0.15, 0.2) is 0 Å². The molecule has 0 spiro atoms. The van der Waals surface area contributed by atoms with Crippen LogP contribution in [0.1, 0.15) is 25.5 Å². The smallest absolute Gasteiger partial charge is 0.260 e.